The smallest absolute Gasteiger partial charge is 0.0987 e. The van der Waals surface area contributed by atoms with Crippen molar-refractivity contribution in [1.29, 1.82) is 0 Å². The van der Waals surface area contributed by atoms with E-state index in [2.05, 4.69) is 23.2 Å². The van der Waals surface area contributed by atoms with Crippen LogP contribution in [0.25, 0.3) is 0 Å². The van der Waals surface area contributed by atoms with Crippen molar-refractivity contribution in [3.63, 3.8) is 0 Å². The van der Waals surface area contributed by atoms with Crippen molar-refractivity contribution < 1.29 is 3.83 Å². The van der Waals surface area contributed by atoms with Crippen LogP contribution in [0.3, 0.4) is 0 Å². The zero-order valence-corrected chi connectivity index (χ0v) is 11.2. The van der Waals surface area contributed by atoms with E-state index in [1.165, 1.54) is 64.2 Å². The molecule has 0 aromatic rings. The van der Waals surface area contributed by atoms with Gasteiger partial charge in [-0.1, -0.05) is 64.7 Å². The van der Waals surface area contributed by atoms with Crippen LogP contribution in [-0.2, 0) is 3.83 Å². The summed E-state index contributed by atoms with van der Waals surface area (Å²) in [6.45, 7) is 3.13. The molecule has 0 saturated carbocycles. The van der Waals surface area contributed by atoms with E-state index < -0.39 is 0 Å². The summed E-state index contributed by atoms with van der Waals surface area (Å²) in [5.74, 6) is 0. The van der Waals surface area contributed by atoms with Gasteiger partial charge in [-0.2, -0.15) is 0 Å². The Labute approximate surface area is 98.1 Å². The van der Waals surface area contributed by atoms with Gasteiger partial charge in [0.15, 0.2) is 0 Å². The molecule has 0 bridgehead atoms. The lowest BCUT2D eigenvalue weighted by Crippen LogP contribution is -1.85. The second-order valence-corrected chi connectivity index (χ2v) is 4.45. The Morgan fingerprint density at radius 2 is 1.14 bits per heavy atom. The molecule has 0 aliphatic heterocycles. The number of hydrogen-bond acceptors (Lipinski definition) is 1. The normalized spacial score (nSPS) is 10.7. The Bertz CT molecular complexity index is 84.3. The Morgan fingerprint density at radius 3 is 1.57 bits per heavy atom. The lowest BCUT2D eigenvalue weighted by molar-refractivity contribution is 0.374. The summed E-state index contributed by atoms with van der Waals surface area (Å²) in [6, 6.07) is 0. The molecule has 2 heteroatoms. The van der Waals surface area contributed by atoms with Gasteiger partial charge >= 0.3 is 0 Å². The highest BCUT2D eigenvalue weighted by atomic mass is 79.9. The van der Waals surface area contributed by atoms with Gasteiger partial charge < -0.3 is 3.83 Å². The first-order chi connectivity index (χ1) is 6.91. The van der Waals surface area contributed by atoms with Gasteiger partial charge in [0.1, 0.15) is 0 Å². The molecule has 0 aliphatic rings. The molecule has 0 N–H and O–H groups in total. The molecule has 0 aromatic heterocycles. The van der Waals surface area contributed by atoms with Crippen LogP contribution in [0, 0.1) is 0 Å². The van der Waals surface area contributed by atoms with Crippen molar-refractivity contribution in [2.75, 3.05) is 6.61 Å². The van der Waals surface area contributed by atoms with Gasteiger partial charge in [-0.05, 0) is 6.42 Å². The van der Waals surface area contributed by atoms with Crippen LogP contribution in [0.1, 0.15) is 71.1 Å². The van der Waals surface area contributed by atoms with E-state index in [1.54, 1.807) is 0 Å². The minimum absolute atomic E-state index is 0.858. The third-order valence-electron chi connectivity index (χ3n) is 2.58. The Hall–Kier alpha value is 0.440. The van der Waals surface area contributed by atoms with Gasteiger partial charge in [-0.3, -0.25) is 0 Å². The van der Waals surface area contributed by atoms with Crippen LogP contribution >= 0.6 is 16.3 Å². The number of hydrogen-bond donors (Lipinski definition) is 0. The highest BCUT2D eigenvalue weighted by Gasteiger charge is 1.92. The van der Waals surface area contributed by atoms with Crippen molar-refractivity contribution in [2.24, 2.45) is 0 Å². The van der Waals surface area contributed by atoms with E-state index in [0.717, 1.165) is 6.61 Å². The molecule has 0 radical (unpaired) electrons. The first-order valence-electron chi connectivity index (χ1n) is 6.15. The summed E-state index contributed by atoms with van der Waals surface area (Å²) < 4.78 is 4.83. The molecule has 0 amide bonds. The standard InChI is InChI=1S/C12H25BrO/c1-2-3-4-5-6-7-8-9-10-11-12-14-13/h2-12H2,1H3. The van der Waals surface area contributed by atoms with Crippen LogP contribution in [0.4, 0.5) is 0 Å². The van der Waals surface area contributed by atoms with E-state index in [4.69, 9.17) is 3.83 Å². The topological polar surface area (TPSA) is 9.23 Å². The first kappa shape index (κ1) is 14.4. The number of unbranched alkanes of at least 4 members (excludes halogenated alkanes) is 9. The first-order valence-corrected chi connectivity index (χ1v) is 6.80. The summed E-state index contributed by atoms with van der Waals surface area (Å²) in [5.41, 5.74) is 0. The molecule has 0 aliphatic carbocycles. The molecule has 0 fully saturated rings. The Morgan fingerprint density at radius 1 is 0.714 bits per heavy atom. The SMILES string of the molecule is CCCCCCCCCCCCOBr. The summed E-state index contributed by atoms with van der Waals surface area (Å²) in [7, 11) is 0. The Kier molecular flexibility index (Phi) is 13.9. The second-order valence-electron chi connectivity index (χ2n) is 4.00. The van der Waals surface area contributed by atoms with Crippen molar-refractivity contribution in [3.8, 4) is 0 Å². The average molecular weight is 265 g/mol. The molecule has 1 nitrogen and oxygen atoms in total. The highest BCUT2D eigenvalue weighted by Crippen LogP contribution is 2.10. The molecular weight excluding hydrogens is 240 g/mol. The predicted octanol–water partition coefficient (Wildman–Crippen LogP) is 5.23. The second kappa shape index (κ2) is 13.4. The van der Waals surface area contributed by atoms with Crippen LogP contribution < -0.4 is 0 Å². The maximum Gasteiger partial charge on any atom is 0.0987 e. The molecule has 0 unspecified atom stereocenters. The minimum Gasteiger partial charge on any atom is -0.308 e. The van der Waals surface area contributed by atoms with Gasteiger partial charge in [-0.15, -0.1) is 0 Å². The molecule has 0 heterocycles. The Balaban J connectivity index is 2.78. The van der Waals surface area contributed by atoms with Crippen LogP contribution in [0.5, 0.6) is 0 Å². The van der Waals surface area contributed by atoms with E-state index >= 15 is 0 Å². The fourth-order valence-electron chi connectivity index (χ4n) is 1.64. The lowest BCUT2D eigenvalue weighted by atomic mass is 10.1. The fourth-order valence-corrected chi connectivity index (χ4v) is 1.87. The van der Waals surface area contributed by atoms with Crippen molar-refractivity contribution >= 4 is 16.3 Å². The summed E-state index contributed by atoms with van der Waals surface area (Å²) in [5, 5.41) is 0. The summed E-state index contributed by atoms with van der Waals surface area (Å²) in [6.07, 6.45) is 13.8. The van der Waals surface area contributed by atoms with Gasteiger partial charge in [0.2, 0.25) is 0 Å². The summed E-state index contributed by atoms with van der Waals surface area (Å²) >= 11 is 2.97. The zero-order chi connectivity index (χ0) is 10.5. The van der Waals surface area contributed by atoms with Gasteiger partial charge in [0, 0.05) is 0 Å². The van der Waals surface area contributed by atoms with Gasteiger partial charge in [0.05, 0.1) is 22.9 Å². The van der Waals surface area contributed by atoms with E-state index in [-0.39, 0.29) is 0 Å². The molecule has 0 atom stereocenters. The molecular formula is C12H25BrO. The van der Waals surface area contributed by atoms with E-state index in [0.29, 0.717) is 0 Å². The lowest BCUT2D eigenvalue weighted by Gasteiger charge is -2.01. The van der Waals surface area contributed by atoms with Crippen LogP contribution in [-0.4, -0.2) is 6.61 Å². The van der Waals surface area contributed by atoms with E-state index in [1.807, 2.05) is 0 Å². The maximum atomic E-state index is 4.83. The largest absolute Gasteiger partial charge is 0.308 e. The molecule has 0 spiro atoms. The van der Waals surface area contributed by atoms with Crippen LogP contribution in [0.2, 0.25) is 0 Å². The highest BCUT2D eigenvalue weighted by molar-refractivity contribution is 9.06. The quantitative estimate of drug-likeness (QED) is 0.464. The number of halogens is 1. The number of rotatable bonds is 11. The molecule has 0 aromatic carbocycles. The third-order valence-corrected chi connectivity index (χ3v) is 2.90. The third kappa shape index (κ3) is 12.4. The minimum atomic E-state index is 0.858. The molecule has 14 heavy (non-hydrogen) atoms. The van der Waals surface area contributed by atoms with E-state index in [9.17, 15) is 0 Å². The average Bonchev–Trinajstić information content (AvgIpc) is 2.21. The molecule has 0 saturated heterocycles. The van der Waals surface area contributed by atoms with Crippen molar-refractivity contribution in [1.82, 2.24) is 0 Å². The van der Waals surface area contributed by atoms with Gasteiger partial charge in [-0.25, -0.2) is 0 Å². The monoisotopic (exact) mass is 264 g/mol. The molecule has 0 rings (SSSR count). The zero-order valence-electron chi connectivity index (χ0n) is 9.56. The van der Waals surface area contributed by atoms with Crippen molar-refractivity contribution in [2.45, 2.75) is 71.1 Å². The molecule has 86 valence electrons. The maximum absolute atomic E-state index is 4.83. The van der Waals surface area contributed by atoms with Crippen LogP contribution in [0.15, 0.2) is 0 Å². The van der Waals surface area contributed by atoms with Gasteiger partial charge in [0.25, 0.3) is 0 Å². The fraction of sp³-hybridized carbons (Fsp3) is 1.00. The van der Waals surface area contributed by atoms with Crippen molar-refractivity contribution in [3.05, 3.63) is 0 Å². The summed E-state index contributed by atoms with van der Waals surface area (Å²) in [4.78, 5) is 0. The predicted molar refractivity (Wildman–Crippen MR) is 66.7 cm³/mol.